The van der Waals surface area contributed by atoms with E-state index in [0.29, 0.717) is 17.8 Å². The molecular weight excluding hydrogens is 248 g/mol. The van der Waals surface area contributed by atoms with Crippen LogP contribution in [-0.4, -0.2) is 28.9 Å². The topological polar surface area (TPSA) is 33.2 Å². The number of pyridine rings is 1. The molecule has 3 nitrogen and oxygen atoms in total. The molecule has 3 rings (SSSR count). The molecule has 1 aliphatic carbocycles. The lowest BCUT2D eigenvalue weighted by Gasteiger charge is -2.50. The van der Waals surface area contributed by atoms with Gasteiger partial charge in [0.15, 0.2) is 0 Å². The van der Waals surface area contributed by atoms with Crippen molar-refractivity contribution >= 4 is 5.91 Å². The van der Waals surface area contributed by atoms with Crippen LogP contribution in [0.5, 0.6) is 0 Å². The van der Waals surface area contributed by atoms with Crippen LogP contribution in [0.15, 0.2) is 24.5 Å². The monoisotopic (exact) mass is 272 g/mol. The molecule has 2 fully saturated rings. The normalized spacial score (nSPS) is 31.4. The van der Waals surface area contributed by atoms with Crippen molar-refractivity contribution < 1.29 is 4.79 Å². The molecule has 0 radical (unpaired) electrons. The standard InChI is InChI=1S/C17H24N2O/c1-16(2)14-6-7-17(16,3)12-19(11-14)15(20)9-13-5-4-8-18-10-13/h4-5,8,10,14H,6-7,9,11-12H2,1-3H3/t14?,17-/m1/s1. The van der Waals surface area contributed by atoms with E-state index in [1.54, 1.807) is 12.4 Å². The maximum Gasteiger partial charge on any atom is 0.227 e. The number of likely N-dealkylation sites (tertiary alicyclic amines) is 1. The summed E-state index contributed by atoms with van der Waals surface area (Å²) in [6.45, 7) is 8.97. The number of hydrogen-bond acceptors (Lipinski definition) is 2. The summed E-state index contributed by atoms with van der Waals surface area (Å²) in [5.41, 5.74) is 1.65. The van der Waals surface area contributed by atoms with E-state index in [4.69, 9.17) is 0 Å². The summed E-state index contributed by atoms with van der Waals surface area (Å²) >= 11 is 0. The highest BCUT2D eigenvalue weighted by molar-refractivity contribution is 5.79. The van der Waals surface area contributed by atoms with Crippen molar-refractivity contribution in [1.82, 2.24) is 9.88 Å². The molecule has 0 spiro atoms. The molecule has 1 aliphatic heterocycles. The van der Waals surface area contributed by atoms with Crippen molar-refractivity contribution in [3.8, 4) is 0 Å². The molecule has 1 unspecified atom stereocenters. The van der Waals surface area contributed by atoms with Crippen LogP contribution in [0.3, 0.4) is 0 Å². The Morgan fingerprint density at radius 2 is 2.25 bits per heavy atom. The van der Waals surface area contributed by atoms with Gasteiger partial charge in [-0.05, 0) is 41.2 Å². The molecule has 108 valence electrons. The summed E-state index contributed by atoms with van der Waals surface area (Å²) < 4.78 is 0. The number of aromatic nitrogens is 1. The number of amides is 1. The van der Waals surface area contributed by atoms with Gasteiger partial charge in [-0.15, -0.1) is 0 Å². The third kappa shape index (κ3) is 2.04. The van der Waals surface area contributed by atoms with Gasteiger partial charge < -0.3 is 4.90 Å². The fourth-order valence-electron chi connectivity index (χ4n) is 4.00. The summed E-state index contributed by atoms with van der Waals surface area (Å²) in [5.74, 6) is 0.908. The Labute approximate surface area is 121 Å². The first-order valence-corrected chi connectivity index (χ1v) is 7.59. The lowest BCUT2D eigenvalue weighted by molar-refractivity contribution is -0.138. The zero-order valence-corrected chi connectivity index (χ0v) is 12.7. The molecule has 0 N–H and O–H groups in total. The average Bonchev–Trinajstić information content (AvgIpc) is 2.57. The van der Waals surface area contributed by atoms with Crippen molar-refractivity contribution in [3.05, 3.63) is 30.1 Å². The van der Waals surface area contributed by atoms with Crippen LogP contribution in [-0.2, 0) is 11.2 Å². The van der Waals surface area contributed by atoms with Gasteiger partial charge in [-0.2, -0.15) is 0 Å². The summed E-state index contributed by atoms with van der Waals surface area (Å²) in [4.78, 5) is 18.7. The third-order valence-corrected chi connectivity index (χ3v) is 6.03. The van der Waals surface area contributed by atoms with Gasteiger partial charge >= 0.3 is 0 Å². The zero-order valence-electron chi connectivity index (χ0n) is 12.7. The van der Waals surface area contributed by atoms with Gasteiger partial charge in [-0.1, -0.05) is 26.8 Å². The summed E-state index contributed by atoms with van der Waals surface area (Å²) in [6, 6.07) is 3.88. The van der Waals surface area contributed by atoms with Gasteiger partial charge in [0.05, 0.1) is 6.42 Å². The summed E-state index contributed by atoms with van der Waals surface area (Å²) in [5, 5.41) is 0. The van der Waals surface area contributed by atoms with Gasteiger partial charge in [0.2, 0.25) is 5.91 Å². The van der Waals surface area contributed by atoms with Crippen molar-refractivity contribution in [1.29, 1.82) is 0 Å². The zero-order chi connectivity index (χ0) is 14.4. The molecule has 2 atom stereocenters. The molecule has 1 saturated carbocycles. The quantitative estimate of drug-likeness (QED) is 0.829. The number of carbonyl (C=O) groups excluding carboxylic acids is 1. The lowest BCUT2D eigenvalue weighted by atomic mass is 9.63. The molecule has 1 aromatic rings. The van der Waals surface area contributed by atoms with Gasteiger partial charge in [-0.25, -0.2) is 0 Å². The van der Waals surface area contributed by atoms with E-state index in [2.05, 4.69) is 30.7 Å². The number of rotatable bonds is 2. The minimum atomic E-state index is 0.256. The first-order valence-electron chi connectivity index (χ1n) is 7.59. The minimum Gasteiger partial charge on any atom is -0.342 e. The van der Waals surface area contributed by atoms with Gasteiger partial charge in [-0.3, -0.25) is 9.78 Å². The first kappa shape index (κ1) is 13.6. The smallest absolute Gasteiger partial charge is 0.227 e. The molecule has 20 heavy (non-hydrogen) atoms. The average molecular weight is 272 g/mol. The fourth-order valence-corrected chi connectivity index (χ4v) is 4.00. The Morgan fingerprint density at radius 1 is 1.45 bits per heavy atom. The number of hydrogen-bond donors (Lipinski definition) is 0. The molecule has 2 aliphatic rings. The van der Waals surface area contributed by atoms with E-state index >= 15 is 0 Å². The lowest BCUT2D eigenvalue weighted by Crippen LogP contribution is -2.54. The highest BCUT2D eigenvalue weighted by Gasteiger charge is 2.55. The largest absolute Gasteiger partial charge is 0.342 e. The van der Waals surface area contributed by atoms with Crippen LogP contribution in [0.2, 0.25) is 0 Å². The molecule has 1 saturated heterocycles. The van der Waals surface area contributed by atoms with E-state index in [1.807, 2.05) is 12.1 Å². The second-order valence-corrected chi connectivity index (χ2v) is 7.33. The SMILES string of the molecule is CC1(C)C2CC[C@]1(C)CN(C(=O)Cc1cccnc1)C2. The van der Waals surface area contributed by atoms with Crippen LogP contribution in [0.1, 0.15) is 39.2 Å². The van der Waals surface area contributed by atoms with Crippen molar-refractivity contribution in [3.63, 3.8) is 0 Å². The highest BCUT2D eigenvalue weighted by Crippen LogP contribution is 2.58. The van der Waals surface area contributed by atoms with E-state index in [0.717, 1.165) is 18.7 Å². The molecule has 0 aromatic carbocycles. The second-order valence-electron chi connectivity index (χ2n) is 7.33. The number of nitrogens with zero attached hydrogens (tertiary/aromatic N) is 2. The summed E-state index contributed by atoms with van der Waals surface area (Å²) in [7, 11) is 0. The number of piperidine rings is 1. The Morgan fingerprint density at radius 3 is 2.90 bits per heavy atom. The van der Waals surface area contributed by atoms with Crippen molar-refractivity contribution in [2.24, 2.45) is 16.7 Å². The Kier molecular flexibility index (Phi) is 3.11. The fraction of sp³-hybridized carbons (Fsp3) is 0.647. The molecule has 1 amide bonds. The van der Waals surface area contributed by atoms with E-state index in [9.17, 15) is 4.79 Å². The molecule has 1 aromatic heterocycles. The Balaban J connectivity index is 1.73. The predicted molar refractivity (Wildman–Crippen MR) is 79.1 cm³/mol. The Bertz CT molecular complexity index is 511. The first-order chi connectivity index (χ1) is 9.42. The highest BCUT2D eigenvalue weighted by atomic mass is 16.2. The third-order valence-electron chi connectivity index (χ3n) is 6.03. The van der Waals surface area contributed by atoms with Crippen LogP contribution in [0.25, 0.3) is 0 Å². The van der Waals surface area contributed by atoms with E-state index in [-0.39, 0.29) is 11.3 Å². The van der Waals surface area contributed by atoms with Gasteiger partial charge in [0.25, 0.3) is 0 Å². The molecule has 2 bridgehead atoms. The van der Waals surface area contributed by atoms with E-state index < -0.39 is 0 Å². The van der Waals surface area contributed by atoms with Crippen molar-refractivity contribution in [2.45, 2.75) is 40.0 Å². The number of carbonyl (C=O) groups is 1. The Hall–Kier alpha value is -1.38. The van der Waals surface area contributed by atoms with Crippen LogP contribution in [0.4, 0.5) is 0 Å². The molecule has 3 heteroatoms. The van der Waals surface area contributed by atoms with E-state index in [1.165, 1.54) is 12.8 Å². The second kappa shape index (κ2) is 4.57. The molecule has 2 heterocycles. The van der Waals surface area contributed by atoms with Crippen LogP contribution >= 0.6 is 0 Å². The maximum absolute atomic E-state index is 12.5. The van der Waals surface area contributed by atoms with Gasteiger partial charge in [0.1, 0.15) is 0 Å². The van der Waals surface area contributed by atoms with Crippen LogP contribution < -0.4 is 0 Å². The minimum absolute atomic E-state index is 0.256. The van der Waals surface area contributed by atoms with Crippen molar-refractivity contribution in [2.75, 3.05) is 13.1 Å². The molecular formula is C17H24N2O. The maximum atomic E-state index is 12.5. The summed E-state index contributed by atoms with van der Waals surface area (Å²) in [6.07, 6.45) is 6.54. The number of fused-ring (bicyclic) bond motifs is 2. The predicted octanol–water partition coefficient (Wildman–Crippen LogP) is 2.91. The van der Waals surface area contributed by atoms with Gasteiger partial charge in [0, 0.05) is 25.5 Å². The van der Waals surface area contributed by atoms with Crippen LogP contribution in [0, 0.1) is 16.7 Å².